The highest BCUT2D eigenvalue weighted by Crippen LogP contribution is 2.84. The van der Waals surface area contributed by atoms with Crippen molar-refractivity contribution < 1.29 is 4.79 Å². The molecule has 6 aliphatic carbocycles. The van der Waals surface area contributed by atoms with Gasteiger partial charge in [-0.25, -0.2) is 0 Å². The molecule has 0 aromatic heterocycles. The highest BCUT2D eigenvalue weighted by molar-refractivity contribution is 9.10. The molecule has 2 heteroatoms. The number of alkyl halides is 1. The molecule has 0 N–H and O–H groups in total. The first-order chi connectivity index (χ1) is 6.23. The molecular weight excluding hydrogens is 228 g/mol. The van der Waals surface area contributed by atoms with Crippen molar-refractivity contribution in [2.75, 3.05) is 0 Å². The van der Waals surface area contributed by atoms with E-state index >= 15 is 0 Å². The summed E-state index contributed by atoms with van der Waals surface area (Å²) in [6, 6.07) is 0. The lowest BCUT2D eigenvalue weighted by Crippen LogP contribution is -2.39. The molecule has 6 aliphatic rings. The molecule has 1 nitrogen and oxygen atoms in total. The average molecular weight is 239 g/mol. The number of rotatable bonds is 0. The zero-order valence-corrected chi connectivity index (χ0v) is 8.83. The summed E-state index contributed by atoms with van der Waals surface area (Å²) in [5, 5.41) is 0. The lowest BCUT2D eigenvalue weighted by molar-refractivity contribution is -0.122. The summed E-state index contributed by atoms with van der Waals surface area (Å²) < 4.78 is 0.307. The van der Waals surface area contributed by atoms with Crippen LogP contribution in [0.25, 0.3) is 0 Å². The number of ketones is 1. The summed E-state index contributed by atoms with van der Waals surface area (Å²) in [6.07, 6.45) is 2.73. The third-order valence-corrected chi connectivity index (χ3v) is 7.38. The summed E-state index contributed by atoms with van der Waals surface area (Å²) in [4.78, 5) is 12.1. The third kappa shape index (κ3) is 0.383. The van der Waals surface area contributed by atoms with Gasteiger partial charge in [0.05, 0.1) is 0 Å². The lowest BCUT2D eigenvalue weighted by Gasteiger charge is -2.37. The fourth-order valence-corrected chi connectivity index (χ4v) is 7.72. The van der Waals surface area contributed by atoms with Gasteiger partial charge in [-0.3, -0.25) is 4.79 Å². The van der Waals surface area contributed by atoms with Crippen LogP contribution in [0.5, 0.6) is 0 Å². The predicted octanol–water partition coefficient (Wildman–Crippen LogP) is 1.85. The Labute approximate surface area is 85.4 Å². The molecule has 0 aliphatic heterocycles. The molecule has 6 rings (SSSR count). The fourth-order valence-electron chi connectivity index (χ4n) is 6.19. The van der Waals surface area contributed by atoms with Crippen LogP contribution >= 0.6 is 15.9 Å². The van der Waals surface area contributed by atoms with Crippen LogP contribution in [-0.2, 0) is 4.79 Å². The normalized spacial score (nSPS) is 79.8. The van der Waals surface area contributed by atoms with Crippen molar-refractivity contribution >= 4 is 21.7 Å². The summed E-state index contributed by atoms with van der Waals surface area (Å²) in [7, 11) is 0. The molecule has 0 amide bonds. The Kier molecular flexibility index (Phi) is 0.742. The van der Waals surface area contributed by atoms with Crippen molar-refractivity contribution in [1.29, 1.82) is 0 Å². The molecular formula is C11H11BrO. The zero-order valence-electron chi connectivity index (χ0n) is 7.24. The number of hydrogen-bond acceptors (Lipinski definition) is 1. The number of carbonyl (C=O) groups excluding carboxylic acids is 1. The molecule has 0 unspecified atom stereocenters. The zero-order chi connectivity index (χ0) is 8.53. The highest BCUT2D eigenvalue weighted by Gasteiger charge is 2.85. The van der Waals surface area contributed by atoms with Crippen molar-refractivity contribution in [3.63, 3.8) is 0 Å². The van der Waals surface area contributed by atoms with Crippen molar-refractivity contribution in [2.24, 2.45) is 41.4 Å². The van der Waals surface area contributed by atoms with Gasteiger partial charge in [0.1, 0.15) is 5.78 Å². The van der Waals surface area contributed by atoms with Gasteiger partial charge in [0, 0.05) is 16.2 Å². The van der Waals surface area contributed by atoms with E-state index in [0.717, 1.165) is 29.6 Å². The molecule has 0 radical (unpaired) electrons. The first kappa shape index (κ1) is 6.60. The van der Waals surface area contributed by atoms with Crippen LogP contribution in [0.1, 0.15) is 12.8 Å². The number of Topliss-reactive ketones (excluding diaryl/α,β-unsaturated/α-hetero) is 1. The molecule has 6 fully saturated rings. The number of halogens is 1. The van der Waals surface area contributed by atoms with Crippen LogP contribution in [0.15, 0.2) is 0 Å². The van der Waals surface area contributed by atoms with Gasteiger partial charge >= 0.3 is 0 Å². The second kappa shape index (κ2) is 1.46. The summed E-state index contributed by atoms with van der Waals surface area (Å²) in [5.74, 6) is 5.94. The van der Waals surface area contributed by atoms with Gasteiger partial charge in [-0.1, -0.05) is 15.9 Å². The van der Waals surface area contributed by atoms with Gasteiger partial charge in [-0.05, 0) is 42.4 Å². The summed E-state index contributed by atoms with van der Waals surface area (Å²) >= 11 is 3.94. The van der Waals surface area contributed by atoms with Crippen molar-refractivity contribution in [3.05, 3.63) is 0 Å². The molecule has 0 spiro atoms. The Bertz CT molecular complexity index is 365. The van der Waals surface area contributed by atoms with Gasteiger partial charge in [-0.2, -0.15) is 0 Å². The van der Waals surface area contributed by atoms with Crippen LogP contribution in [0.3, 0.4) is 0 Å². The van der Waals surface area contributed by atoms with Crippen LogP contribution in [0.2, 0.25) is 0 Å². The highest BCUT2D eigenvalue weighted by atomic mass is 79.9. The fraction of sp³-hybridized carbons (Fsp3) is 0.909. The molecule has 0 saturated heterocycles. The molecule has 13 heavy (non-hydrogen) atoms. The van der Waals surface area contributed by atoms with Crippen LogP contribution in [0, 0.1) is 41.4 Å². The SMILES string of the molecule is O=C1[C@H]2[C@H]3C[C@H]4[C@H]5C[C@](Br)([C@@H]42)[C@H]1[C@@H]53. The van der Waals surface area contributed by atoms with E-state index in [9.17, 15) is 4.79 Å². The Morgan fingerprint density at radius 2 is 2.15 bits per heavy atom. The minimum absolute atomic E-state index is 0.307. The lowest BCUT2D eigenvalue weighted by atomic mass is 9.71. The smallest absolute Gasteiger partial charge is 0.141 e. The maximum Gasteiger partial charge on any atom is 0.141 e. The quantitative estimate of drug-likeness (QED) is 0.589. The molecule has 8 atom stereocenters. The van der Waals surface area contributed by atoms with Crippen LogP contribution in [0.4, 0.5) is 0 Å². The van der Waals surface area contributed by atoms with Crippen molar-refractivity contribution in [3.8, 4) is 0 Å². The second-order valence-corrected chi connectivity index (χ2v) is 7.34. The molecule has 68 valence electrons. The van der Waals surface area contributed by atoms with E-state index in [2.05, 4.69) is 15.9 Å². The van der Waals surface area contributed by atoms with E-state index in [1.807, 2.05) is 0 Å². The molecule has 0 heterocycles. The van der Waals surface area contributed by atoms with E-state index in [0.29, 0.717) is 21.9 Å². The first-order valence-electron chi connectivity index (χ1n) is 5.46. The first-order valence-corrected chi connectivity index (χ1v) is 6.25. The minimum Gasteiger partial charge on any atom is -0.299 e. The maximum atomic E-state index is 12.1. The third-order valence-electron chi connectivity index (χ3n) is 6.03. The Morgan fingerprint density at radius 3 is 2.92 bits per heavy atom. The Balaban J connectivity index is 1.94. The molecule has 6 bridgehead atoms. The number of carbonyl (C=O) groups is 1. The van der Waals surface area contributed by atoms with Gasteiger partial charge in [0.15, 0.2) is 0 Å². The Hall–Kier alpha value is 0.150. The summed E-state index contributed by atoms with van der Waals surface area (Å²) in [6.45, 7) is 0. The second-order valence-electron chi connectivity index (χ2n) is 5.87. The van der Waals surface area contributed by atoms with Gasteiger partial charge < -0.3 is 0 Å². The van der Waals surface area contributed by atoms with Crippen molar-refractivity contribution in [2.45, 2.75) is 17.2 Å². The van der Waals surface area contributed by atoms with Gasteiger partial charge in [0.25, 0.3) is 0 Å². The predicted molar refractivity (Wildman–Crippen MR) is 50.3 cm³/mol. The van der Waals surface area contributed by atoms with Crippen LogP contribution < -0.4 is 0 Å². The molecule has 6 saturated carbocycles. The van der Waals surface area contributed by atoms with Crippen LogP contribution in [-0.4, -0.2) is 10.1 Å². The number of hydrogen-bond donors (Lipinski definition) is 0. The van der Waals surface area contributed by atoms with E-state index < -0.39 is 0 Å². The molecule has 0 aromatic carbocycles. The monoisotopic (exact) mass is 238 g/mol. The van der Waals surface area contributed by atoms with Gasteiger partial charge in [0.2, 0.25) is 0 Å². The summed E-state index contributed by atoms with van der Waals surface area (Å²) in [5.41, 5.74) is 0. The van der Waals surface area contributed by atoms with E-state index in [-0.39, 0.29) is 0 Å². The molecule has 0 aromatic rings. The van der Waals surface area contributed by atoms with Crippen molar-refractivity contribution in [1.82, 2.24) is 0 Å². The largest absolute Gasteiger partial charge is 0.299 e. The Morgan fingerprint density at radius 1 is 1.31 bits per heavy atom. The van der Waals surface area contributed by atoms with E-state index in [1.165, 1.54) is 12.8 Å². The minimum atomic E-state index is 0.307. The standard InChI is InChI=1S/C11H11BrO/c12-11-2-5-3-1-4-6(5)9(11)10(13)7(4)8(3)11/h3-9H,1-2H2/t3-,4-,5+,6+,7-,8-,9-,11-/m0/s1. The topological polar surface area (TPSA) is 17.1 Å². The van der Waals surface area contributed by atoms with Gasteiger partial charge in [-0.15, -0.1) is 0 Å². The van der Waals surface area contributed by atoms with E-state index in [4.69, 9.17) is 0 Å². The average Bonchev–Trinajstić information content (AvgIpc) is 2.70. The maximum absolute atomic E-state index is 12.1. The van der Waals surface area contributed by atoms with E-state index in [1.54, 1.807) is 0 Å².